The predicted molar refractivity (Wildman–Crippen MR) is 72.1 cm³/mol. The van der Waals surface area contributed by atoms with E-state index in [1.807, 2.05) is 0 Å². The first kappa shape index (κ1) is 15.6. The van der Waals surface area contributed by atoms with Crippen molar-refractivity contribution in [2.75, 3.05) is 31.1 Å². The molecule has 0 amide bonds. The summed E-state index contributed by atoms with van der Waals surface area (Å²) in [6.07, 6.45) is -4.36. The van der Waals surface area contributed by atoms with Crippen LogP contribution in [-0.4, -0.2) is 38.3 Å². The molecule has 1 heterocycles. The van der Waals surface area contributed by atoms with E-state index < -0.39 is 17.8 Å². The van der Waals surface area contributed by atoms with Crippen molar-refractivity contribution < 1.29 is 22.7 Å². The molecule has 116 valence electrons. The second-order valence-electron chi connectivity index (χ2n) is 4.71. The maximum atomic E-state index is 12.6. The summed E-state index contributed by atoms with van der Waals surface area (Å²) in [5, 5.41) is 3.09. The lowest BCUT2D eigenvalue weighted by Crippen LogP contribution is -2.55. The van der Waals surface area contributed by atoms with E-state index in [2.05, 4.69) is 5.32 Å². The summed E-state index contributed by atoms with van der Waals surface area (Å²) >= 11 is 0. The fraction of sp³-hybridized carbons (Fsp3) is 0.500. The van der Waals surface area contributed by atoms with E-state index in [0.717, 1.165) is 12.1 Å². The summed E-state index contributed by atoms with van der Waals surface area (Å²) in [4.78, 5) is 13.7. The summed E-state index contributed by atoms with van der Waals surface area (Å²) in [5.74, 6) is -0.371. The number of esters is 1. The lowest BCUT2D eigenvalue weighted by Gasteiger charge is -2.36. The van der Waals surface area contributed by atoms with Gasteiger partial charge in [0.2, 0.25) is 0 Å². The molecule has 1 saturated heterocycles. The van der Waals surface area contributed by atoms with Crippen molar-refractivity contribution in [2.24, 2.45) is 0 Å². The molecule has 1 atom stereocenters. The maximum Gasteiger partial charge on any atom is 0.416 e. The average molecular weight is 302 g/mol. The molecule has 1 aromatic carbocycles. The zero-order valence-corrected chi connectivity index (χ0v) is 11.6. The molecule has 0 bridgehead atoms. The normalized spacial score (nSPS) is 19.4. The highest BCUT2D eigenvalue weighted by atomic mass is 19.4. The summed E-state index contributed by atoms with van der Waals surface area (Å²) in [6, 6.07) is 4.32. The molecule has 4 nitrogen and oxygen atoms in total. The Hall–Kier alpha value is -1.76. The number of piperazine rings is 1. The highest BCUT2D eigenvalue weighted by Crippen LogP contribution is 2.31. The number of benzene rings is 1. The van der Waals surface area contributed by atoms with Gasteiger partial charge in [0, 0.05) is 25.3 Å². The van der Waals surface area contributed by atoms with Crippen LogP contribution in [0.15, 0.2) is 24.3 Å². The Labute approximate surface area is 120 Å². The van der Waals surface area contributed by atoms with Gasteiger partial charge in [0.25, 0.3) is 0 Å². The van der Waals surface area contributed by atoms with Gasteiger partial charge in [-0.25, -0.2) is 4.79 Å². The van der Waals surface area contributed by atoms with Crippen LogP contribution in [0.4, 0.5) is 18.9 Å². The van der Waals surface area contributed by atoms with Gasteiger partial charge >= 0.3 is 12.1 Å². The zero-order valence-electron chi connectivity index (χ0n) is 11.6. The van der Waals surface area contributed by atoms with Gasteiger partial charge in [-0.3, -0.25) is 0 Å². The molecule has 0 spiro atoms. The quantitative estimate of drug-likeness (QED) is 0.868. The summed E-state index contributed by atoms with van der Waals surface area (Å²) in [6.45, 7) is 3.61. The third kappa shape index (κ3) is 3.66. The Morgan fingerprint density at radius 1 is 1.38 bits per heavy atom. The smallest absolute Gasteiger partial charge is 0.416 e. The Kier molecular flexibility index (Phi) is 4.72. The van der Waals surface area contributed by atoms with Crippen LogP contribution in [0.3, 0.4) is 0 Å². The second kappa shape index (κ2) is 6.34. The number of alkyl halides is 3. The Morgan fingerprint density at radius 3 is 2.62 bits per heavy atom. The molecular formula is C14H17F3N2O2. The zero-order chi connectivity index (χ0) is 15.5. The predicted octanol–water partition coefficient (Wildman–Crippen LogP) is 2.05. The van der Waals surface area contributed by atoms with E-state index in [1.165, 1.54) is 12.1 Å². The lowest BCUT2D eigenvalue weighted by molar-refractivity contribution is -0.145. The molecular weight excluding hydrogens is 285 g/mol. The molecule has 0 aliphatic carbocycles. The van der Waals surface area contributed by atoms with Crippen LogP contribution in [-0.2, 0) is 15.7 Å². The van der Waals surface area contributed by atoms with Crippen molar-refractivity contribution in [1.82, 2.24) is 5.32 Å². The van der Waals surface area contributed by atoms with Gasteiger partial charge in [-0.05, 0) is 31.2 Å². The van der Waals surface area contributed by atoms with Crippen LogP contribution in [0.1, 0.15) is 12.5 Å². The van der Waals surface area contributed by atoms with Gasteiger partial charge in [0.15, 0.2) is 0 Å². The molecule has 0 radical (unpaired) electrons. The lowest BCUT2D eigenvalue weighted by atomic mass is 10.1. The molecule has 7 heteroatoms. The van der Waals surface area contributed by atoms with Crippen molar-refractivity contribution in [2.45, 2.75) is 19.1 Å². The number of hydrogen-bond acceptors (Lipinski definition) is 4. The van der Waals surface area contributed by atoms with Crippen molar-refractivity contribution in [1.29, 1.82) is 0 Å². The number of rotatable bonds is 3. The van der Waals surface area contributed by atoms with E-state index >= 15 is 0 Å². The molecule has 1 aromatic rings. The maximum absolute atomic E-state index is 12.6. The molecule has 1 aliphatic heterocycles. The summed E-state index contributed by atoms with van der Waals surface area (Å²) < 4.78 is 42.7. The minimum Gasteiger partial charge on any atom is -0.464 e. The van der Waals surface area contributed by atoms with Crippen LogP contribution >= 0.6 is 0 Å². The Morgan fingerprint density at radius 2 is 2.05 bits per heavy atom. The Bertz CT molecular complexity index is 488. The first-order valence-electron chi connectivity index (χ1n) is 6.74. The molecule has 1 unspecified atom stereocenters. The summed E-state index contributed by atoms with van der Waals surface area (Å²) in [5.41, 5.74) is -0.114. The van der Waals surface area contributed by atoms with Gasteiger partial charge in [-0.15, -0.1) is 0 Å². The van der Waals surface area contributed by atoms with Gasteiger partial charge in [0.1, 0.15) is 6.04 Å². The van der Waals surface area contributed by atoms with Crippen LogP contribution in [0.25, 0.3) is 0 Å². The van der Waals surface area contributed by atoms with E-state index in [9.17, 15) is 18.0 Å². The topological polar surface area (TPSA) is 41.6 Å². The van der Waals surface area contributed by atoms with Crippen LogP contribution in [0.2, 0.25) is 0 Å². The number of nitrogens with zero attached hydrogens (tertiary/aromatic N) is 1. The highest BCUT2D eigenvalue weighted by Gasteiger charge is 2.32. The standard InChI is InChI=1S/C14H17F3N2O2/c1-2-21-13(20)12-9-18-7-8-19(12)11-5-3-10(4-6-11)14(15,16)17/h3-6,12,18H,2,7-9H2,1H3. The first-order chi connectivity index (χ1) is 9.93. The van der Waals surface area contributed by atoms with E-state index in [1.54, 1.807) is 11.8 Å². The monoisotopic (exact) mass is 302 g/mol. The molecule has 1 N–H and O–H groups in total. The van der Waals surface area contributed by atoms with Gasteiger partial charge in [0.05, 0.1) is 12.2 Å². The van der Waals surface area contributed by atoms with Gasteiger partial charge < -0.3 is 15.0 Å². The van der Waals surface area contributed by atoms with Crippen molar-refractivity contribution in [3.05, 3.63) is 29.8 Å². The number of carbonyl (C=O) groups is 1. The fourth-order valence-electron chi connectivity index (χ4n) is 2.30. The molecule has 2 rings (SSSR count). The SMILES string of the molecule is CCOC(=O)C1CNCCN1c1ccc(C(F)(F)F)cc1. The summed E-state index contributed by atoms with van der Waals surface area (Å²) in [7, 11) is 0. The first-order valence-corrected chi connectivity index (χ1v) is 6.74. The van der Waals surface area contributed by atoms with Crippen LogP contribution in [0, 0.1) is 0 Å². The Balaban J connectivity index is 2.19. The third-order valence-corrected chi connectivity index (χ3v) is 3.33. The minimum absolute atomic E-state index is 0.274. The van der Waals surface area contributed by atoms with E-state index in [0.29, 0.717) is 25.3 Å². The van der Waals surface area contributed by atoms with E-state index in [4.69, 9.17) is 4.74 Å². The van der Waals surface area contributed by atoms with Crippen LogP contribution < -0.4 is 10.2 Å². The fourth-order valence-corrected chi connectivity index (χ4v) is 2.30. The number of halogens is 3. The average Bonchev–Trinajstić information content (AvgIpc) is 2.47. The van der Waals surface area contributed by atoms with Gasteiger partial charge in [-0.2, -0.15) is 13.2 Å². The molecule has 21 heavy (non-hydrogen) atoms. The van der Waals surface area contributed by atoms with E-state index in [-0.39, 0.29) is 12.6 Å². The minimum atomic E-state index is -4.36. The number of carbonyl (C=O) groups excluding carboxylic acids is 1. The molecule has 0 saturated carbocycles. The molecule has 0 aromatic heterocycles. The number of anilines is 1. The number of hydrogen-bond donors (Lipinski definition) is 1. The van der Waals surface area contributed by atoms with Crippen LogP contribution in [0.5, 0.6) is 0 Å². The largest absolute Gasteiger partial charge is 0.464 e. The molecule has 1 aliphatic rings. The van der Waals surface area contributed by atoms with Crippen molar-refractivity contribution >= 4 is 11.7 Å². The highest BCUT2D eigenvalue weighted by molar-refractivity contribution is 5.80. The number of nitrogens with one attached hydrogen (secondary N) is 1. The third-order valence-electron chi connectivity index (χ3n) is 3.33. The van der Waals surface area contributed by atoms with Gasteiger partial charge in [-0.1, -0.05) is 0 Å². The van der Waals surface area contributed by atoms with Crippen molar-refractivity contribution in [3.8, 4) is 0 Å². The second-order valence-corrected chi connectivity index (χ2v) is 4.71. The molecule has 1 fully saturated rings. The number of ether oxygens (including phenoxy) is 1. The van der Waals surface area contributed by atoms with Crippen molar-refractivity contribution in [3.63, 3.8) is 0 Å².